The first-order valence-electron chi connectivity index (χ1n) is 10.5. The van der Waals surface area contributed by atoms with Crippen molar-refractivity contribution in [1.29, 1.82) is 0 Å². The van der Waals surface area contributed by atoms with E-state index in [0.29, 0.717) is 17.8 Å². The molecule has 160 valence electrons. The van der Waals surface area contributed by atoms with Crippen molar-refractivity contribution >= 4 is 28.9 Å². The van der Waals surface area contributed by atoms with Crippen LogP contribution in [0.5, 0.6) is 5.75 Å². The SMILES string of the molecule is CCCCCCN1C2CCC1CC(C(=O)Nc1cc(Cl)c([N+](=O)[O-])cc1OC)C2. The van der Waals surface area contributed by atoms with Crippen LogP contribution in [-0.4, -0.2) is 41.5 Å². The topological polar surface area (TPSA) is 84.7 Å². The van der Waals surface area contributed by atoms with Crippen molar-refractivity contribution in [3.05, 3.63) is 27.3 Å². The maximum atomic E-state index is 12.9. The number of nitro groups is 1. The molecular formula is C21H30ClN3O4. The Hall–Kier alpha value is -1.86. The number of halogens is 1. The second kappa shape index (κ2) is 9.76. The van der Waals surface area contributed by atoms with Gasteiger partial charge in [-0.15, -0.1) is 0 Å². The minimum Gasteiger partial charge on any atom is -0.494 e. The fraction of sp³-hybridized carbons (Fsp3) is 0.667. The number of nitrogens with one attached hydrogen (secondary N) is 1. The molecule has 2 saturated heterocycles. The number of amides is 1. The van der Waals surface area contributed by atoms with Gasteiger partial charge in [-0.2, -0.15) is 0 Å². The molecule has 1 aromatic rings. The van der Waals surface area contributed by atoms with E-state index in [1.165, 1.54) is 44.9 Å². The van der Waals surface area contributed by atoms with Crippen LogP contribution < -0.4 is 10.1 Å². The number of rotatable bonds is 9. The van der Waals surface area contributed by atoms with Gasteiger partial charge in [-0.05, 0) is 44.7 Å². The maximum Gasteiger partial charge on any atom is 0.291 e. The van der Waals surface area contributed by atoms with Crippen LogP contribution in [0.15, 0.2) is 12.1 Å². The highest BCUT2D eigenvalue weighted by molar-refractivity contribution is 6.33. The molecule has 8 heteroatoms. The molecule has 7 nitrogen and oxygen atoms in total. The standard InChI is InChI=1S/C21H30ClN3O4/c1-3-4-5-6-9-24-15-7-8-16(24)11-14(10-15)21(26)23-18-12-17(22)19(25(27)28)13-20(18)29-2/h12-16H,3-11H2,1-2H3,(H,23,26). The highest BCUT2D eigenvalue weighted by Gasteiger charge is 2.42. The lowest BCUT2D eigenvalue weighted by atomic mass is 9.89. The van der Waals surface area contributed by atoms with E-state index >= 15 is 0 Å². The molecule has 29 heavy (non-hydrogen) atoms. The second-order valence-electron chi connectivity index (χ2n) is 8.10. The van der Waals surface area contributed by atoms with E-state index in [9.17, 15) is 14.9 Å². The van der Waals surface area contributed by atoms with Crippen molar-refractivity contribution in [3.63, 3.8) is 0 Å². The zero-order valence-electron chi connectivity index (χ0n) is 17.2. The number of methoxy groups -OCH3 is 1. The number of ether oxygens (including phenoxy) is 1. The van der Waals surface area contributed by atoms with Gasteiger partial charge in [-0.3, -0.25) is 19.8 Å². The molecule has 2 aliphatic rings. The first-order valence-corrected chi connectivity index (χ1v) is 10.9. The molecule has 0 radical (unpaired) electrons. The van der Waals surface area contributed by atoms with Gasteiger partial charge in [0, 0.05) is 18.0 Å². The minimum atomic E-state index is -0.565. The summed E-state index contributed by atoms with van der Waals surface area (Å²) >= 11 is 6.01. The Labute approximate surface area is 176 Å². The summed E-state index contributed by atoms with van der Waals surface area (Å²) in [6.45, 7) is 3.36. The fourth-order valence-corrected chi connectivity index (χ4v) is 4.99. The van der Waals surface area contributed by atoms with Gasteiger partial charge in [-0.1, -0.05) is 37.8 Å². The lowest BCUT2D eigenvalue weighted by Gasteiger charge is -2.38. The summed E-state index contributed by atoms with van der Waals surface area (Å²) in [6, 6.07) is 3.61. The van der Waals surface area contributed by atoms with Crippen molar-refractivity contribution in [2.75, 3.05) is 19.0 Å². The molecule has 0 aliphatic carbocycles. The first-order chi connectivity index (χ1) is 13.9. The van der Waals surface area contributed by atoms with Crippen LogP contribution in [0.1, 0.15) is 58.3 Å². The van der Waals surface area contributed by atoms with Crippen molar-refractivity contribution in [1.82, 2.24) is 4.90 Å². The highest BCUT2D eigenvalue weighted by Crippen LogP contribution is 2.40. The fourth-order valence-electron chi connectivity index (χ4n) is 4.76. The molecule has 2 aliphatic heterocycles. The van der Waals surface area contributed by atoms with Gasteiger partial charge < -0.3 is 10.1 Å². The van der Waals surface area contributed by atoms with Gasteiger partial charge in [0.2, 0.25) is 5.91 Å². The summed E-state index contributed by atoms with van der Waals surface area (Å²) < 4.78 is 5.23. The lowest BCUT2D eigenvalue weighted by Crippen LogP contribution is -2.46. The van der Waals surface area contributed by atoms with Crippen molar-refractivity contribution in [2.45, 2.75) is 70.4 Å². The largest absolute Gasteiger partial charge is 0.494 e. The Kier molecular flexibility index (Phi) is 7.35. The van der Waals surface area contributed by atoms with E-state index in [4.69, 9.17) is 16.3 Å². The predicted octanol–water partition coefficient (Wildman–Crippen LogP) is 5.02. The smallest absolute Gasteiger partial charge is 0.291 e. The number of fused-ring (bicyclic) bond motifs is 2. The summed E-state index contributed by atoms with van der Waals surface area (Å²) in [5.74, 6) is 0.125. The quantitative estimate of drug-likeness (QED) is 0.342. The zero-order chi connectivity index (χ0) is 21.0. The molecule has 1 aromatic carbocycles. The van der Waals surface area contributed by atoms with Gasteiger partial charge in [0.15, 0.2) is 0 Å². The van der Waals surface area contributed by atoms with E-state index in [2.05, 4.69) is 17.1 Å². The molecule has 2 atom stereocenters. The van der Waals surface area contributed by atoms with E-state index in [1.54, 1.807) is 0 Å². The van der Waals surface area contributed by atoms with Crippen molar-refractivity contribution < 1.29 is 14.5 Å². The third kappa shape index (κ3) is 5.01. The molecule has 0 saturated carbocycles. The van der Waals surface area contributed by atoms with E-state index in [0.717, 1.165) is 32.2 Å². The van der Waals surface area contributed by atoms with Crippen LogP contribution in [0, 0.1) is 16.0 Å². The number of nitrogens with zero attached hydrogens (tertiary/aromatic N) is 2. The van der Waals surface area contributed by atoms with Gasteiger partial charge >= 0.3 is 0 Å². The van der Waals surface area contributed by atoms with Crippen LogP contribution >= 0.6 is 11.6 Å². The van der Waals surface area contributed by atoms with Gasteiger partial charge in [0.1, 0.15) is 10.8 Å². The molecule has 2 bridgehead atoms. The number of hydrogen-bond donors (Lipinski definition) is 1. The number of nitro benzene ring substituents is 1. The first kappa shape index (κ1) is 21.8. The Bertz CT molecular complexity index is 744. The monoisotopic (exact) mass is 423 g/mol. The van der Waals surface area contributed by atoms with Gasteiger partial charge in [-0.25, -0.2) is 0 Å². The summed E-state index contributed by atoms with van der Waals surface area (Å²) in [6.07, 6.45) is 9.08. The Morgan fingerprint density at radius 1 is 1.28 bits per heavy atom. The number of carbonyl (C=O) groups is 1. The normalized spacial score (nSPS) is 23.8. The number of unbranched alkanes of at least 4 members (excludes halogenated alkanes) is 3. The predicted molar refractivity (Wildman–Crippen MR) is 114 cm³/mol. The summed E-state index contributed by atoms with van der Waals surface area (Å²) in [4.78, 5) is 26.0. The molecule has 2 fully saturated rings. The molecule has 3 rings (SSSR count). The number of benzene rings is 1. The minimum absolute atomic E-state index is 0.0203. The average molecular weight is 424 g/mol. The molecular weight excluding hydrogens is 394 g/mol. The summed E-state index contributed by atoms with van der Waals surface area (Å²) in [7, 11) is 1.42. The number of hydrogen-bond acceptors (Lipinski definition) is 5. The van der Waals surface area contributed by atoms with E-state index in [1.807, 2.05) is 0 Å². The molecule has 2 unspecified atom stereocenters. The third-order valence-corrected chi connectivity index (χ3v) is 6.55. The summed E-state index contributed by atoms with van der Waals surface area (Å²) in [5, 5.41) is 13.9. The average Bonchev–Trinajstić information content (AvgIpc) is 2.92. The second-order valence-corrected chi connectivity index (χ2v) is 8.51. The number of anilines is 1. The Morgan fingerprint density at radius 2 is 1.97 bits per heavy atom. The molecule has 1 amide bonds. The zero-order valence-corrected chi connectivity index (χ0v) is 17.9. The van der Waals surface area contributed by atoms with Gasteiger partial charge in [0.05, 0.1) is 23.8 Å². The number of carbonyl (C=O) groups excluding carboxylic acids is 1. The lowest BCUT2D eigenvalue weighted by molar-refractivity contribution is -0.384. The van der Waals surface area contributed by atoms with E-state index in [-0.39, 0.29) is 28.3 Å². The summed E-state index contributed by atoms with van der Waals surface area (Å²) in [5.41, 5.74) is 0.137. The van der Waals surface area contributed by atoms with Gasteiger partial charge in [0.25, 0.3) is 5.69 Å². The molecule has 0 aromatic heterocycles. The van der Waals surface area contributed by atoms with Crippen LogP contribution in [0.25, 0.3) is 0 Å². The molecule has 2 heterocycles. The van der Waals surface area contributed by atoms with Crippen LogP contribution in [0.2, 0.25) is 5.02 Å². The van der Waals surface area contributed by atoms with Crippen molar-refractivity contribution in [3.8, 4) is 5.75 Å². The van der Waals surface area contributed by atoms with Crippen LogP contribution in [0.3, 0.4) is 0 Å². The van der Waals surface area contributed by atoms with Crippen molar-refractivity contribution in [2.24, 2.45) is 5.92 Å². The maximum absolute atomic E-state index is 12.9. The Balaban J connectivity index is 1.63. The van der Waals surface area contributed by atoms with Crippen LogP contribution in [0.4, 0.5) is 11.4 Å². The molecule has 1 N–H and O–H groups in total. The molecule has 0 spiro atoms. The van der Waals surface area contributed by atoms with Crippen LogP contribution in [-0.2, 0) is 4.79 Å². The number of piperidine rings is 1. The van der Waals surface area contributed by atoms with E-state index < -0.39 is 4.92 Å². The highest BCUT2D eigenvalue weighted by atomic mass is 35.5. The Morgan fingerprint density at radius 3 is 2.55 bits per heavy atom. The third-order valence-electron chi connectivity index (χ3n) is 6.25.